The number of rotatable bonds is 2. The molecule has 1 aromatic carbocycles. The van der Waals surface area contributed by atoms with E-state index in [0.717, 1.165) is 29.7 Å². The molecule has 0 saturated heterocycles. The average molecular weight is 303 g/mol. The Balaban J connectivity index is 1.68. The molecule has 114 valence electrons. The van der Waals surface area contributed by atoms with Crippen molar-refractivity contribution in [2.45, 2.75) is 6.42 Å². The molecule has 4 nitrogen and oxygen atoms in total. The zero-order chi connectivity index (χ0) is 15.6. The van der Waals surface area contributed by atoms with Gasteiger partial charge in [-0.1, -0.05) is 42.5 Å². The van der Waals surface area contributed by atoms with Gasteiger partial charge >= 0.3 is 0 Å². The van der Waals surface area contributed by atoms with E-state index in [4.69, 9.17) is 0 Å². The number of hydrogen-bond acceptors (Lipinski definition) is 2. The van der Waals surface area contributed by atoms with Gasteiger partial charge in [0.15, 0.2) is 0 Å². The van der Waals surface area contributed by atoms with Gasteiger partial charge in [-0.05, 0) is 29.7 Å². The molecule has 1 aliphatic heterocycles. The lowest BCUT2D eigenvalue weighted by molar-refractivity contribution is 0.0766. The molecule has 0 saturated carbocycles. The second-order valence-corrected chi connectivity index (χ2v) is 5.69. The predicted octanol–water partition coefficient (Wildman–Crippen LogP) is 3.40. The van der Waals surface area contributed by atoms with E-state index in [1.54, 1.807) is 0 Å². The standard InChI is InChI=1S/C19H17N3O/c23-19(21-11-5-2-6-12-21)17-14-22-13-16(9-10-18(22)20-17)15-7-3-1-4-8-15/h1-5,7-10,13-14H,6,11-12H2. The summed E-state index contributed by atoms with van der Waals surface area (Å²) in [7, 11) is 0. The zero-order valence-corrected chi connectivity index (χ0v) is 12.7. The summed E-state index contributed by atoms with van der Waals surface area (Å²) in [5.74, 6) is -0.000638. The van der Waals surface area contributed by atoms with Gasteiger partial charge in [-0.3, -0.25) is 4.79 Å². The van der Waals surface area contributed by atoms with Crippen molar-refractivity contribution in [3.63, 3.8) is 0 Å². The highest BCUT2D eigenvalue weighted by atomic mass is 16.2. The van der Waals surface area contributed by atoms with Crippen molar-refractivity contribution in [2.75, 3.05) is 13.1 Å². The third-order valence-electron chi connectivity index (χ3n) is 4.12. The minimum Gasteiger partial charge on any atom is -0.333 e. The van der Waals surface area contributed by atoms with Gasteiger partial charge in [0.05, 0.1) is 0 Å². The molecule has 3 heterocycles. The molecule has 0 spiro atoms. The van der Waals surface area contributed by atoms with E-state index in [1.807, 2.05) is 58.1 Å². The van der Waals surface area contributed by atoms with Crippen LogP contribution in [-0.4, -0.2) is 33.3 Å². The first-order valence-corrected chi connectivity index (χ1v) is 7.80. The molecule has 4 heteroatoms. The number of amides is 1. The molecule has 3 aromatic rings. The molecule has 0 radical (unpaired) electrons. The first-order valence-electron chi connectivity index (χ1n) is 7.80. The molecule has 2 aromatic heterocycles. The molecule has 0 N–H and O–H groups in total. The van der Waals surface area contributed by atoms with Crippen molar-refractivity contribution in [3.05, 3.63) is 72.7 Å². The highest BCUT2D eigenvalue weighted by molar-refractivity contribution is 5.93. The Bertz CT molecular complexity index is 880. The maximum absolute atomic E-state index is 12.5. The number of pyridine rings is 1. The maximum Gasteiger partial charge on any atom is 0.274 e. The summed E-state index contributed by atoms with van der Waals surface area (Å²) in [4.78, 5) is 18.8. The van der Waals surface area contributed by atoms with Crippen molar-refractivity contribution < 1.29 is 4.79 Å². The third kappa shape index (κ3) is 2.63. The molecule has 23 heavy (non-hydrogen) atoms. The van der Waals surface area contributed by atoms with Gasteiger partial charge in [0.2, 0.25) is 0 Å². The third-order valence-corrected chi connectivity index (χ3v) is 4.12. The van der Waals surface area contributed by atoms with Gasteiger partial charge in [-0.25, -0.2) is 4.98 Å². The molecule has 1 aliphatic rings. The number of carbonyl (C=O) groups excluding carboxylic acids is 1. The fourth-order valence-electron chi connectivity index (χ4n) is 2.88. The smallest absolute Gasteiger partial charge is 0.274 e. The Hall–Kier alpha value is -2.88. The van der Waals surface area contributed by atoms with E-state index in [1.165, 1.54) is 0 Å². The van der Waals surface area contributed by atoms with Crippen LogP contribution in [0.5, 0.6) is 0 Å². The lowest BCUT2D eigenvalue weighted by Gasteiger charge is -2.22. The molecule has 4 rings (SSSR count). The minimum absolute atomic E-state index is 0.000638. The minimum atomic E-state index is -0.000638. The number of aromatic nitrogens is 2. The lowest BCUT2D eigenvalue weighted by Crippen LogP contribution is -2.33. The van der Waals surface area contributed by atoms with Crippen LogP contribution in [0.15, 0.2) is 67.0 Å². The number of carbonyl (C=O) groups is 1. The number of hydrogen-bond donors (Lipinski definition) is 0. The van der Waals surface area contributed by atoms with Crippen LogP contribution in [0.1, 0.15) is 16.9 Å². The fourth-order valence-corrected chi connectivity index (χ4v) is 2.88. The zero-order valence-electron chi connectivity index (χ0n) is 12.7. The number of benzene rings is 1. The fraction of sp³-hybridized carbons (Fsp3) is 0.158. The SMILES string of the molecule is O=C(c1cn2cc(-c3ccccc3)ccc2n1)N1CC=CCC1. The first kappa shape index (κ1) is 13.8. The molecule has 0 atom stereocenters. The van der Waals surface area contributed by atoms with Crippen molar-refractivity contribution in [1.29, 1.82) is 0 Å². The summed E-state index contributed by atoms with van der Waals surface area (Å²) in [5, 5.41) is 0. The van der Waals surface area contributed by atoms with Crippen molar-refractivity contribution >= 4 is 11.6 Å². The molecular formula is C19H17N3O. The van der Waals surface area contributed by atoms with Crippen molar-refractivity contribution in [3.8, 4) is 11.1 Å². The maximum atomic E-state index is 12.5. The van der Waals surface area contributed by atoms with Gasteiger partial charge < -0.3 is 9.30 Å². The molecule has 0 unspecified atom stereocenters. The Kier molecular flexibility index (Phi) is 3.42. The monoisotopic (exact) mass is 303 g/mol. The van der Waals surface area contributed by atoms with E-state index in [2.05, 4.69) is 23.2 Å². The Morgan fingerprint density at radius 1 is 0.957 bits per heavy atom. The molecule has 1 amide bonds. The number of imidazole rings is 1. The Labute approximate surface area is 134 Å². The summed E-state index contributed by atoms with van der Waals surface area (Å²) in [6.07, 6.45) is 8.90. The second kappa shape index (κ2) is 5.72. The van der Waals surface area contributed by atoms with Crippen LogP contribution in [0, 0.1) is 0 Å². The lowest BCUT2D eigenvalue weighted by atomic mass is 10.1. The van der Waals surface area contributed by atoms with Crippen LogP contribution in [0.3, 0.4) is 0 Å². The summed E-state index contributed by atoms with van der Waals surface area (Å²) in [6, 6.07) is 14.2. The summed E-state index contributed by atoms with van der Waals surface area (Å²) in [6.45, 7) is 1.43. The summed E-state index contributed by atoms with van der Waals surface area (Å²) >= 11 is 0. The van der Waals surface area contributed by atoms with Crippen LogP contribution < -0.4 is 0 Å². The normalized spacial score (nSPS) is 14.3. The van der Waals surface area contributed by atoms with Gasteiger partial charge in [0.1, 0.15) is 11.3 Å². The van der Waals surface area contributed by atoms with E-state index in [9.17, 15) is 4.79 Å². The van der Waals surface area contributed by atoms with Crippen LogP contribution in [0.4, 0.5) is 0 Å². The van der Waals surface area contributed by atoms with Crippen LogP contribution in [0.25, 0.3) is 16.8 Å². The highest BCUT2D eigenvalue weighted by Crippen LogP contribution is 2.20. The van der Waals surface area contributed by atoms with E-state index in [-0.39, 0.29) is 5.91 Å². The molecule has 0 fully saturated rings. The van der Waals surface area contributed by atoms with Crippen LogP contribution in [-0.2, 0) is 0 Å². The van der Waals surface area contributed by atoms with Gasteiger partial charge in [0.25, 0.3) is 5.91 Å². The van der Waals surface area contributed by atoms with E-state index < -0.39 is 0 Å². The Morgan fingerprint density at radius 3 is 2.61 bits per heavy atom. The molecule has 0 bridgehead atoms. The van der Waals surface area contributed by atoms with Crippen LogP contribution in [0.2, 0.25) is 0 Å². The predicted molar refractivity (Wildman–Crippen MR) is 90.3 cm³/mol. The number of nitrogens with zero attached hydrogens (tertiary/aromatic N) is 3. The van der Waals surface area contributed by atoms with E-state index >= 15 is 0 Å². The topological polar surface area (TPSA) is 37.6 Å². The molecule has 0 aliphatic carbocycles. The van der Waals surface area contributed by atoms with Crippen LogP contribution >= 0.6 is 0 Å². The van der Waals surface area contributed by atoms with Gasteiger partial charge in [-0.2, -0.15) is 0 Å². The van der Waals surface area contributed by atoms with E-state index in [0.29, 0.717) is 12.2 Å². The Morgan fingerprint density at radius 2 is 1.83 bits per heavy atom. The molecular weight excluding hydrogens is 286 g/mol. The summed E-state index contributed by atoms with van der Waals surface area (Å²) in [5.41, 5.74) is 3.55. The quantitative estimate of drug-likeness (QED) is 0.680. The van der Waals surface area contributed by atoms with Crippen molar-refractivity contribution in [2.24, 2.45) is 0 Å². The average Bonchev–Trinajstić information content (AvgIpc) is 3.06. The number of fused-ring (bicyclic) bond motifs is 1. The second-order valence-electron chi connectivity index (χ2n) is 5.69. The highest BCUT2D eigenvalue weighted by Gasteiger charge is 2.18. The first-order chi connectivity index (χ1) is 11.3. The summed E-state index contributed by atoms with van der Waals surface area (Å²) < 4.78 is 1.93. The largest absolute Gasteiger partial charge is 0.333 e. The van der Waals surface area contributed by atoms with Crippen molar-refractivity contribution in [1.82, 2.24) is 14.3 Å². The van der Waals surface area contributed by atoms with Gasteiger partial charge in [0, 0.05) is 25.5 Å². The van der Waals surface area contributed by atoms with Gasteiger partial charge in [-0.15, -0.1) is 0 Å².